The Balaban J connectivity index is 2.81. The molecule has 0 aliphatic carbocycles. The first-order chi connectivity index (χ1) is 10.5. The van der Waals surface area contributed by atoms with Crippen molar-refractivity contribution in [2.24, 2.45) is 0 Å². The number of carboxylic acid groups (broad SMARTS) is 1. The largest absolute Gasteiger partial charge is 0.478 e. The molecule has 0 fully saturated rings. The highest BCUT2D eigenvalue weighted by Crippen LogP contribution is 2.31. The van der Waals surface area contributed by atoms with E-state index in [1.165, 1.54) is 11.3 Å². The summed E-state index contributed by atoms with van der Waals surface area (Å²) in [6, 6.07) is 4.05. The Morgan fingerprint density at radius 3 is 2.45 bits per heavy atom. The molecular formula is C19H27NO2. The summed E-state index contributed by atoms with van der Waals surface area (Å²) in [5, 5.41) is 10.8. The lowest BCUT2D eigenvalue weighted by Gasteiger charge is -2.10. The van der Waals surface area contributed by atoms with Gasteiger partial charge in [0.15, 0.2) is 0 Å². The minimum Gasteiger partial charge on any atom is -0.478 e. The van der Waals surface area contributed by atoms with Gasteiger partial charge in [-0.2, -0.15) is 0 Å². The van der Waals surface area contributed by atoms with Crippen LogP contribution in [0.1, 0.15) is 67.2 Å². The maximum Gasteiger partial charge on any atom is 0.337 e. The van der Waals surface area contributed by atoms with Gasteiger partial charge in [-0.1, -0.05) is 33.6 Å². The molecule has 0 amide bonds. The zero-order chi connectivity index (χ0) is 16.3. The first kappa shape index (κ1) is 16.6. The summed E-state index contributed by atoms with van der Waals surface area (Å²) in [6.45, 7) is 9.46. The van der Waals surface area contributed by atoms with Crippen molar-refractivity contribution in [2.75, 3.05) is 0 Å². The van der Waals surface area contributed by atoms with Crippen LogP contribution in [-0.2, 0) is 19.4 Å². The van der Waals surface area contributed by atoms with Gasteiger partial charge in [-0.3, -0.25) is 0 Å². The van der Waals surface area contributed by atoms with Crippen molar-refractivity contribution in [3.63, 3.8) is 0 Å². The second kappa shape index (κ2) is 6.99. The van der Waals surface area contributed by atoms with Gasteiger partial charge in [-0.05, 0) is 49.4 Å². The van der Waals surface area contributed by atoms with E-state index in [-0.39, 0.29) is 0 Å². The molecule has 0 bridgehead atoms. The smallest absolute Gasteiger partial charge is 0.337 e. The highest BCUT2D eigenvalue weighted by atomic mass is 16.4. The number of carbonyl (C=O) groups is 1. The highest BCUT2D eigenvalue weighted by molar-refractivity contribution is 6.04. The number of hydrogen-bond donors (Lipinski definition) is 1. The van der Waals surface area contributed by atoms with Crippen LogP contribution in [0.2, 0.25) is 0 Å². The lowest BCUT2D eigenvalue weighted by atomic mass is 10.00. The molecule has 2 aromatic rings. The number of carboxylic acids is 1. The number of aromatic nitrogens is 1. The Labute approximate surface area is 133 Å². The van der Waals surface area contributed by atoms with Crippen LogP contribution < -0.4 is 0 Å². The van der Waals surface area contributed by atoms with Crippen molar-refractivity contribution in [1.82, 2.24) is 4.57 Å². The molecule has 1 N–H and O–H groups in total. The van der Waals surface area contributed by atoms with Gasteiger partial charge in [0.1, 0.15) is 0 Å². The molecule has 2 rings (SSSR count). The van der Waals surface area contributed by atoms with E-state index in [1.54, 1.807) is 0 Å². The predicted molar refractivity (Wildman–Crippen MR) is 91.9 cm³/mol. The van der Waals surface area contributed by atoms with Crippen LogP contribution in [0.25, 0.3) is 10.9 Å². The van der Waals surface area contributed by atoms with Gasteiger partial charge in [0.2, 0.25) is 0 Å². The Hall–Kier alpha value is -1.77. The average Bonchev–Trinajstić information content (AvgIpc) is 2.77. The van der Waals surface area contributed by atoms with Gasteiger partial charge in [0.25, 0.3) is 0 Å². The molecule has 0 unspecified atom stereocenters. The molecule has 0 aliphatic rings. The molecule has 120 valence electrons. The van der Waals surface area contributed by atoms with Crippen LogP contribution in [0.15, 0.2) is 12.1 Å². The van der Waals surface area contributed by atoms with Crippen LogP contribution in [0.5, 0.6) is 0 Å². The van der Waals surface area contributed by atoms with Gasteiger partial charge in [0.05, 0.1) is 11.1 Å². The Bertz CT molecular complexity index is 683. The summed E-state index contributed by atoms with van der Waals surface area (Å²) < 4.78 is 2.23. The van der Waals surface area contributed by atoms with Gasteiger partial charge in [-0.15, -0.1) is 0 Å². The monoisotopic (exact) mass is 301 g/mol. The summed E-state index contributed by atoms with van der Waals surface area (Å²) in [5.74, 6) is -0.821. The van der Waals surface area contributed by atoms with E-state index in [9.17, 15) is 9.90 Å². The molecule has 0 saturated heterocycles. The Morgan fingerprint density at radius 1 is 1.18 bits per heavy atom. The summed E-state index contributed by atoms with van der Waals surface area (Å²) >= 11 is 0. The van der Waals surface area contributed by atoms with E-state index in [4.69, 9.17) is 0 Å². The zero-order valence-electron chi connectivity index (χ0n) is 14.2. The van der Waals surface area contributed by atoms with Crippen LogP contribution in [0.4, 0.5) is 0 Å². The molecule has 22 heavy (non-hydrogen) atoms. The predicted octanol–water partition coefficient (Wildman–Crippen LogP) is 4.96. The number of aryl methyl sites for hydroxylation is 3. The number of fused-ring (bicyclic) bond motifs is 1. The van der Waals surface area contributed by atoms with E-state index >= 15 is 0 Å². The SMILES string of the molecule is CCCCn1c(C)c(CCC)c2cc(CC)cc(C(=O)O)c21. The van der Waals surface area contributed by atoms with E-state index in [1.807, 2.05) is 6.07 Å². The van der Waals surface area contributed by atoms with Gasteiger partial charge in [-0.25, -0.2) is 4.79 Å². The number of aromatic carboxylic acids is 1. The fraction of sp³-hybridized carbons (Fsp3) is 0.526. The molecule has 1 aromatic heterocycles. The molecule has 0 atom stereocenters. The maximum atomic E-state index is 11.8. The molecule has 0 saturated carbocycles. The average molecular weight is 301 g/mol. The lowest BCUT2D eigenvalue weighted by molar-refractivity contribution is 0.0698. The third-order valence-corrected chi connectivity index (χ3v) is 4.48. The normalized spacial score (nSPS) is 11.3. The number of nitrogens with zero attached hydrogens (tertiary/aromatic N) is 1. The quantitative estimate of drug-likeness (QED) is 0.785. The third kappa shape index (κ3) is 2.90. The van der Waals surface area contributed by atoms with Gasteiger partial charge >= 0.3 is 5.97 Å². The first-order valence-corrected chi connectivity index (χ1v) is 8.42. The van der Waals surface area contributed by atoms with E-state index < -0.39 is 5.97 Å². The lowest BCUT2D eigenvalue weighted by Crippen LogP contribution is -2.06. The number of rotatable bonds is 7. The molecule has 3 heteroatoms. The van der Waals surface area contributed by atoms with E-state index in [0.29, 0.717) is 5.56 Å². The first-order valence-electron chi connectivity index (χ1n) is 8.42. The summed E-state index contributed by atoms with van der Waals surface area (Å²) in [7, 11) is 0. The minimum atomic E-state index is -0.821. The van der Waals surface area contributed by atoms with Crippen molar-refractivity contribution < 1.29 is 9.90 Å². The number of unbranched alkanes of at least 4 members (excludes halogenated alkanes) is 1. The minimum absolute atomic E-state index is 0.455. The van der Waals surface area contributed by atoms with Crippen LogP contribution in [0, 0.1) is 6.92 Å². The summed E-state index contributed by atoms with van der Waals surface area (Å²) in [6.07, 6.45) is 5.13. The number of hydrogen-bond acceptors (Lipinski definition) is 1. The van der Waals surface area contributed by atoms with Crippen LogP contribution in [0.3, 0.4) is 0 Å². The fourth-order valence-electron chi connectivity index (χ4n) is 3.27. The Morgan fingerprint density at radius 2 is 1.91 bits per heavy atom. The fourth-order valence-corrected chi connectivity index (χ4v) is 3.27. The number of benzene rings is 1. The van der Waals surface area contributed by atoms with E-state index in [0.717, 1.165) is 55.1 Å². The van der Waals surface area contributed by atoms with Gasteiger partial charge in [0, 0.05) is 17.6 Å². The molecule has 0 spiro atoms. The van der Waals surface area contributed by atoms with Crippen molar-refractivity contribution >= 4 is 16.9 Å². The zero-order valence-corrected chi connectivity index (χ0v) is 14.2. The molecule has 1 heterocycles. The molecule has 3 nitrogen and oxygen atoms in total. The van der Waals surface area contributed by atoms with Crippen molar-refractivity contribution in [2.45, 2.75) is 66.3 Å². The molecule has 1 aromatic carbocycles. The molecule has 0 radical (unpaired) electrons. The van der Waals surface area contributed by atoms with E-state index in [2.05, 4.69) is 38.3 Å². The second-order valence-electron chi connectivity index (χ2n) is 6.02. The van der Waals surface area contributed by atoms with Crippen molar-refractivity contribution in [3.8, 4) is 0 Å². The van der Waals surface area contributed by atoms with Crippen LogP contribution in [-0.4, -0.2) is 15.6 Å². The summed E-state index contributed by atoms with van der Waals surface area (Å²) in [5.41, 5.74) is 5.04. The second-order valence-corrected chi connectivity index (χ2v) is 6.02. The third-order valence-electron chi connectivity index (χ3n) is 4.48. The standard InChI is InChI=1S/C19H27NO2/c1-5-8-10-20-13(4)15(9-6-2)16-11-14(7-3)12-17(18(16)20)19(21)22/h11-12H,5-10H2,1-4H3,(H,21,22). The highest BCUT2D eigenvalue weighted by Gasteiger charge is 2.20. The van der Waals surface area contributed by atoms with Crippen molar-refractivity contribution in [1.29, 1.82) is 0 Å². The topological polar surface area (TPSA) is 42.2 Å². The Kier molecular flexibility index (Phi) is 5.28. The maximum absolute atomic E-state index is 11.8. The van der Waals surface area contributed by atoms with Crippen molar-refractivity contribution in [3.05, 3.63) is 34.5 Å². The molecule has 0 aliphatic heterocycles. The molecular weight excluding hydrogens is 274 g/mol. The van der Waals surface area contributed by atoms with Crippen LogP contribution >= 0.6 is 0 Å². The summed E-state index contributed by atoms with van der Waals surface area (Å²) in [4.78, 5) is 11.8. The van der Waals surface area contributed by atoms with Gasteiger partial charge < -0.3 is 9.67 Å².